The minimum atomic E-state index is -0.779. The van der Waals surface area contributed by atoms with Crippen molar-refractivity contribution in [3.8, 4) is 0 Å². The van der Waals surface area contributed by atoms with Gasteiger partial charge in [0.05, 0.1) is 5.69 Å². The first-order chi connectivity index (χ1) is 8.52. The summed E-state index contributed by atoms with van der Waals surface area (Å²) in [5.41, 5.74) is 0.913. The molecule has 0 radical (unpaired) electrons. The first-order valence-electron chi connectivity index (χ1n) is 6.29. The molecule has 0 spiro atoms. The van der Waals surface area contributed by atoms with Crippen LogP contribution in [-0.2, 0) is 23.8 Å². The molecule has 2 unspecified atom stereocenters. The number of nitrogens with zero attached hydrogens (tertiary/aromatic N) is 1. The normalized spacial score (nSPS) is 14.7. The lowest BCUT2D eigenvalue weighted by Gasteiger charge is -2.11. The second-order valence-corrected chi connectivity index (χ2v) is 6.42. The SMILES string of the molecule is CCCCc1nc(Cl)c(CNC(C)CS(C)=O)[nH]1. The van der Waals surface area contributed by atoms with Gasteiger partial charge < -0.3 is 10.3 Å². The Hall–Kier alpha value is -0.390. The highest BCUT2D eigenvalue weighted by molar-refractivity contribution is 7.84. The minimum Gasteiger partial charge on any atom is -0.344 e. The molecule has 0 aliphatic rings. The van der Waals surface area contributed by atoms with Crippen molar-refractivity contribution in [3.05, 3.63) is 16.7 Å². The molecule has 0 aliphatic heterocycles. The molecule has 104 valence electrons. The number of aromatic amines is 1. The van der Waals surface area contributed by atoms with Crippen LogP contribution < -0.4 is 5.32 Å². The fourth-order valence-electron chi connectivity index (χ4n) is 1.71. The predicted molar refractivity (Wildman–Crippen MR) is 77.4 cm³/mol. The molecule has 0 fully saturated rings. The molecule has 0 bridgehead atoms. The molecule has 6 heteroatoms. The molecule has 1 aromatic rings. The molecule has 1 rings (SSSR count). The molecule has 0 saturated carbocycles. The van der Waals surface area contributed by atoms with Crippen molar-refractivity contribution in [1.29, 1.82) is 0 Å². The standard InChI is InChI=1S/C12H22ClN3OS/c1-4-5-6-11-15-10(12(13)16-11)7-14-9(2)8-18(3)17/h9,14H,4-8H2,1-3H3,(H,15,16). The Balaban J connectivity index is 2.46. The van der Waals surface area contributed by atoms with Crippen LogP contribution in [-0.4, -0.2) is 32.2 Å². The number of aromatic nitrogens is 2. The van der Waals surface area contributed by atoms with Gasteiger partial charge in [-0.05, 0) is 13.3 Å². The van der Waals surface area contributed by atoms with Gasteiger partial charge in [0, 0.05) is 41.8 Å². The summed E-state index contributed by atoms with van der Waals surface area (Å²) in [7, 11) is -0.779. The zero-order valence-corrected chi connectivity index (χ0v) is 12.8. The van der Waals surface area contributed by atoms with Crippen molar-refractivity contribution >= 4 is 22.4 Å². The van der Waals surface area contributed by atoms with Crippen LogP contribution in [0.4, 0.5) is 0 Å². The molecule has 0 saturated heterocycles. The molecular weight excluding hydrogens is 270 g/mol. The average molecular weight is 292 g/mol. The number of imidazole rings is 1. The van der Waals surface area contributed by atoms with Gasteiger partial charge in [-0.1, -0.05) is 24.9 Å². The molecule has 2 N–H and O–H groups in total. The van der Waals surface area contributed by atoms with Gasteiger partial charge in [0.1, 0.15) is 5.82 Å². The molecule has 1 heterocycles. The van der Waals surface area contributed by atoms with Gasteiger partial charge in [-0.3, -0.25) is 4.21 Å². The number of unbranched alkanes of at least 4 members (excludes halogenated alkanes) is 1. The van der Waals surface area contributed by atoms with Crippen LogP contribution in [0, 0.1) is 0 Å². The fourth-order valence-corrected chi connectivity index (χ4v) is 2.74. The van der Waals surface area contributed by atoms with Gasteiger partial charge in [0.15, 0.2) is 5.15 Å². The number of H-pyrrole nitrogens is 1. The molecule has 2 atom stereocenters. The maximum atomic E-state index is 11.1. The second kappa shape index (κ2) is 7.92. The van der Waals surface area contributed by atoms with E-state index in [1.807, 2.05) is 6.92 Å². The Morgan fingerprint density at radius 3 is 2.89 bits per heavy atom. The summed E-state index contributed by atoms with van der Waals surface area (Å²) < 4.78 is 11.1. The molecular formula is C12H22ClN3OS. The van der Waals surface area contributed by atoms with Crippen molar-refractivity contribution in [2.75, 3.05) is 12.0 Å². The molecule has 1 aromatic heterocycles. The third-order valence-electron chi connectivity index (χ3n) is 2.66. The molecule has 0 aliphatic carbocycles. The van der Waals surface area contributed by atoms with Crippen LogP contribution in [0.5, 0.6) is 0 Å². The molecule has 4 nitrogen and oxygen atoms in total. The Kier molecular flexibility index (Phi) is 6.89. The third kappa shape index (κ3) is 5.50. The van der Waals surface area contributed by atoms with Gasteiger partial charge in [-0.2, -0.15) is 0 Å². The van der Waals surface area contributed by atoms with Crippen LogP contribution in [0.25, 0.3) is 0 Å². The van der Waals surface area contributed by atoms with Crippen molar-refractivity contribution in [1.82, 2.24) is 15.3 Å². The van der Waals surface area contributed by atoms with E-state index >= 15 is 0 Å². The summed E-state index contributed by atoms with van der Waals surface area (Å²) in [5.74, 6) is 1.60. The van der Waals surface area contributed by atoms with E-state index in [2.05, 4.69) is 22.2 Å². The summed E-state index contributed by atoms with van der Waals surface area (Å²) in [6, 6.07) is 0.203. The lowest BCUT2D eigenvalue weighted by molar-refractivity contribution is 0.581. The summed E-state index contributed by atoms with van der Waals surface area (Å²) in [6.45, 7) is 4.81. The summed E-state index contributed by atoms with van der Waals surface area (Å²) in [5, 5.41) is 3.83. The number of hydrogen-bond donors (Lipinski definition) is 2. The maximum absolute atomic E-state index is 11.1. The van der Waals surface area contributed by atoms with E-state index in [9.17, 15) is 4.21 Å². The van der Waals surface area contributed by atoms with Gasteiger partial charge in [-0.25, -0.2) is 4.98 Å². The van der Waals surface area contributed by atoms with E-state index in [0.717, 1.165) is 30.8 Å². The van der Waals surface area contributed by atoms with E-state index < -0.39 is 10.8 Å². The van der Waals surface area contributed by atoms with Crippen molar-refractivity contribution in [3.63, 3.8) is 0 Å². The van der Waals surface area contributed by atoms with Crippen LogP contribution >= 0.6 is 11.6 Å². The summed E-state index contributed by atoms with van der Waals surface area (Å²) >= 11 is 6.07. The zero-order valence-electron chi connectivity index (χ0n) is 11.3. The quantitative estimate of drug-likeness (QED) is 0.772. The Labute approximate surface area is 116 Å². The maximum Gasteiger partial charge on any atom is 0.151 e. The van der Waals surface area contributed by atoms with Gasteiger partial charge in [0.2, 0.25) is 0 Å². The van der Waals surface area contributed by atoms with Crippen molar-refractivity contribution in [2.45, 2.75) is 45.7 Å². The van der Waals surface area contributed by atoms with E-state index in [1.165, 1.54) is 0 Å². The van der Waals surface area contributed by atoms with Crippen molar-refractivity contribution in [2.24, 2.45) is 0 Å². The monoisotopic (exact) mass is 291 g/mol. The lowest BCUT2D eigenvalue weighted by Crippen LogP contribution is -2.30. The Bertz CT molecular complexity index is 395. The highest BCUT2D eigenvalue weighted by Crippen LogP contribution is 2.14. The minimum absolute atomic E-state index is 0.203. The number of halogens is 1. The molecule has 18 heavy (non-hydrogen) atoms. The zero-order chi connectivity index (χ0) is 13.5. The van der Waals surface area contributed by atoms with Crippen LogP contribution in [0.15, 0.2) is 0 Å². The first kappa shape index (κ1) is 15.7. The van der Waals surface area contributed by atoms with Crippen molar-refractivity contribution < 1.29 is 4.21 Å². The van der Waals surface area contributed by atoms with Gasteiger partial charge >= 0.3 is 0 Å². The Morgan fingerprint density at radius 1 is 1.56 bits per heavy atom. The third-order valence-corrected chi connectivity index (χ3v) is 3.94. The van der Waals surface area contributed by atoms with Crippen LogP contribution in [0.3, 0.4) is 0 Å². The molecule has 0 aromatic carbocycles. The highest BCUT2D eigenvalue weighted by Gasteiger charge is 2.10. The summed E-state index contributed by atoms with van der Waals surface area (Å²) in [4.78, 5) is 7.54. The van der Waals surface area contributed by atoms with Crippen LogP contribution in [0.1, 0.15) is 38.2 Å². The Morgan fingerprint density at radius 2 is 2.28 bits per heavy atom. The number of nitrogens with one attached hydrogen (secondary N) is 2. The number of rotatable bonds is 8. The van der Waals surface area contributed by atoms with E-state index in [1.54, 1.807) is 6.26 Å². The number of aryl methyl sites for hydroxylation is 1. The first-order valence-corrected chi connectivity index (χ1v) is 8.40. The highest BCUT2D eigenvalue weighted by atomic mass is 35.5. The predicted octanol–water partition coefficient (Wildman–Crippen LogP) is 2.26. The second-order valence-electron chi connectivity index (χ2n) is 4.58. The van der Waals surface area contributed by atoms with E-state index in [4.69, 9.17) is 11.6 Å². The average Bonchev–Trinajstić information content (AvgIpc) is 2.64. The van der Waals surface area contributed by atoms with Gasteiger partial charge in [0.25, 0.3) is 0 Å². The fraction of sp³-hybridized carbons (Fsp3) is 0.750. The molecule has 0 amide bonds. The number of hydrogen-bond acceptors (Lipinski definition) is 3. The van der Waals surface area contributed by atoms with Gasteiger partial charge in [-0.15, -0.1) is 0 Å². The van der Waals surface area contributed by atoms with E-state index in [0.29, 0.717) is 17.5 Å². The smallest absolute Gasteiger partial charge is 0.151 e. The largest absolute Gasteiger partial charge is 0.344 e. The summed E-state index contributed by atoms with van der Waals surface area (Å²) in [6.07, 6.45) is 4.90. The lowest BCUT2D eigenvalue weighted by atomic mass is 10.2. The topological polar surface area (TPSA) is 57.8 Å². The van der Waals surface area contributed by atoms with E-state index in [-0.39, 0.29) is 6.04 Å². The van der Waals surface area contributed by atoms with Crippen LogP contribution in [0.2, 0.25) is 5.15 Å².